The average molecular weight is 344 g/mol. The van der Waals surface area contributed by atoms with Crippen LogP contribution >= 0.6 is 0 Å². The standard InChI is InChI=1S/C18H17FN2O4/c1-12(22)21(16-9-4-3-8-15(16)19)11-17(23)20-14-7-5-6-13(10-14)18(24)25-2/h3-10H,11H2,1-2H3,(H,20,23). The predicted molar refractivity (Wildman–Crippen MR) is 90.8 cm³/mol. The van der Waals surface area contributed by atoms with E-state index in [9.17, 15) is 18.8 Å². The third kappa shape index (κ3) is 4.63. The van der Waals surface area contributed by atoms with Gasteiger partial charge >= 0.3 is 5.97 Å². The number of nitrogens with zero attached hydrogens (tertiary/aromatic N) is 1. The number of carbonyl (C=O) groups excluding carboxylic acids is 3. The molecule has 0 unspecified atom stereocenters. The number of benzene rings is 2. The van der Waals surface area contributed by atoms with E-state index in [2.05, 4.69) is 10.1 Å². The Morgan fingerprint density at radius 2 is 1.84 bits per heavy atom. The van der Waals surface area contributed by atoms with Crippen LogP contribution in [-0.2, 0) is 14.3 Å². The van der Waals surface area contributed by atoms with Crippen molar-refractivity contribution in [2.24, 2.45) is 0 Å². The minimum Gasteiger partial charge on any atom is -0.465 e. The summed E-state index contributed by atoms with van der Waals surface area (Å²) in [6, 6.07) is 11.9. The molecule has 0 heterocycles. The molecule has 1 N–H and O–H groups in total. The molecule has 0 atom stereocenters. The number of ether oxygens (including phenoxy) is 1. The minimum atomic E-state index is -0.599. The number of para-hydroxylation sites is 1. The van der Waals surface area contributed by atoms with Gasteiger partial charge in [-0.15, -0.1) is 0 Å². The lowest BCUT2D eigenvalue weighted by Gasteiger charge is -2.21. The molecule has 0 radical (unpaired) electrons. The van der Waals surface area contributed by atoms with E-state index >= 15 is 0 Å². The van der Waals surface area contributed by atoms with Crippen LogP contribution in [0.25, 0.3) is 0 Å². The second-order valence-corrected chi connectivity index (χ2v) is 5.18. The van der Waals surface area contributed by atoms with Crippen molar-refractivity contribution in [1.82, 2.24) is 0 Å². The van der Waals surface area contributed by atoms with E-state index < -0.39 is 23.6 Å². The Hall–Kier alpha value is -3.22. The SMILES string of the molecule is COC(=O)c1cccc(NC(=O)CN(C(C)=O)c2ccccc2F)c1. The zero-order valence-corrected chi connectivity index (χ0v) is 13.8. The molecule has 7 heteroatoms. The summed E-state index contributed by atoms with van der Waals surface area (Å²) in [5.74, 6) is -2.13. The van der Waals surface area contributed by atoms with Crippen molar-refractivity contribution in [3.8, 4) is 0 Å². The Balaban J connectivity index is 2.14. The first kappa shape index (κ1) is 18.1. The molecule has 0 aromatic heterocycles. The van der Waals surface area contributed by atoms with Crippen LogP contribution in [0.3, 0.4) is 0 Å². The fourth-order valence-electron chi connectivity index (χ4n) is 2.22. The molecule has 0 aliphatic heterocycles. The second kappa shape index (κ2) is 8.05. The molecule has 130 valence electrons. The maximum Gasteiger partial charge on any atom is 0.337 e. The molecule has 0 fully saturated rings. The van der Waals surface area contributed by atoms with Gasteiger partial charge in [-0.05, 0) is 30.3 Å². The number of rotatable bonds is 5. The van der Waals surface area contributed by atoms with Crippen LogP contribution in [0.5, 0.6) is 0 Å². The van der Waals surface area contributed by atoms with Gasteiger partial charge in [0.25, 0.3) is 0 Å². The first-order valence-corrected chi connectivity index (χ1v) is 7.43. The van der Waals surface area contributed by atoms with Crippen LogP contribution in [0.4, 0.5) is 15.8 Å². The zero-order valence-electron chi connectivity index (χ0n) is 13.8. The normalized spacial score (nSPS) is 10.0. The molecule has 2 amide bonds. The lowest BCUT2D eigenvalue weighted by molar-refractivity contribution is -0.120. The van der Waals surface area contributed by atoms with E-state index in [4.69, 9.17) is 0 Å². The van der Waals surface area contributed by atoms with Crippen LogP contribution in [-0.4, -0.2) is 31.4 Å². The molecule has 0 aliphatic carbocycles. The Kier molecular flexibility index (Phi) is 5.84. The molecule has 6 nitrogen and oxygen atoms in total. The van der Waals surface area contributed by atoms with E-state index in [1.54, 1.807) is 24.3 Å². The summed E-state index contributed by atoms with van der Waals surface area (Å²) in [5.41, 5.74) is 0.663. The molecule has 2 rings (SSSR count). The molecule has 2 aromatic carbocycles. The minimum absolute atomic E-state index is 0.0217. The molecule has 2 aromatic rings. The summed E-state index contributed by atoms with van der Waals surface area (Å²) in [7, 11) is 1.26. The topological polar surface area (TPSA) is 75.7 Å². The Bertz CT molecular complexity index is 807. The predicted octanol–water partition coefficient (Wildman–Crippen LogP) is 2.60. The van der Waals surface area contributed by atoms with Crippen LogP contribution in [0.15, 0.2) is 48.5 Å². The van der Waals surface area contributed by atoms with E-state index in [1.807, 2.05) is 0 Å². The average Bonchev–Trinajstić information content (AvgIpc) is 2.59. The lowest BCUT2D eigenvalue weighted by atomic mass is 10.2. The fraction of sp³-hybridized carbons (Fsp3) is 0.167. The number of anilines is 2. The van der Waals surface area contributed by atoms with Crippen LogP contribution in [0.1, 0.15) is 17.3 Å². The number of hydrogen-bond donors (Lipinski definition) is 1. The number of nitrogens with one attached hydrogen (secondary N) is 1. The van der Waals surface area contributed by atoms with Crippen molar-refractivity contribution in [1.29, 1.82) is 0 Å². The van der Waals surface area contributed by atoms with Gasteiger partial charge in [-0.1, -0.05) is 18.2 Å². The Labute approximate surface area is 144 Å². The molecule has 0 saturated heterocycles. The summed E-state index contributed by atoms with van der Waals surface area (Å²) in [4.78, 5) is 36.6. The molecular weight excluding hydrogens is 327 g/mol. The molecule has 25 heavy (non-hydrogen) atoms. The van der Waals surface area contributed by atoms with Gasteiger partial charge in [0.15, 0.2) is 0 Å². The third-order valence-corrected chi connectivity index (χ3v) is 3.39. The van der Waals surface area contributed by atoms with Crippen molar-refractivity contribution in [3.05, 3.63) is 59.9 Å². The molecule has 0 saturated carbocycles. The first-order chi connectivity index (χ1) is 11.9. The van der Waals surface area contributed by atoms with Gasteiger partial charge < -0.3 is 15.0 Å². The first-order valence-electron chi connectivity index (χ1n) is 7.43. The van der Waals surface area contributed by atoms with Crippen molar-refractivity contribution < 1.29 is 23.5 Å². The van der Waals surface area contributed by atoms with Gasteiger partial charge in [0, 0.05) is 12.6 Å². The van der Waals surface area contributed by atoms with E-state index in [-0.39, 0.29) is 17.8 Å². The molecular formula is C18H17FN2O4. The number of esters is 1. The smallest absolute Gasteiger partial charge is 0.337 e. The highest BCUT2D eigenvalue weighted by atomic mass is 19.1. The second-order valence-electron chi connectivity index (χ2n) is 5.18. The summed E-state index contributed by atoms with van der Waals surface area (Å²) in [5, 5.41) is 2.57. The van der Waals surface area contributed by atoms with Gasteiger partial charge in [-0.25, -0.2) is 9.18 Å². The number of amides is 2. The van der Waals surface area contributed by atoms with Crippen LogP contribution in [0.2, 0.25) is 0 Å². The van der Waals surface area contributed by atoms with Gasteiger partial charge in [0.1, 0.15) is 12.4 Å². The highest BCUT2D eigenvalue weighted by Gasteiger charge is 2.19. The summed E-state index contributed by atoms with van der Waals surface area (Å²) in [6.07, 6.45) is 0. The molecule has 0 bridgehead atoms. The number of carbonyl (C=O) groups is 3. The quantitative estimate of drug-likeness (QED) is 0.846. The van der Waals surface area contributed by atoms with E-state index in [0.29, 0.717) is 5.69 Å². The zero-order chi connectivity index (χ0) is 18.4. The molecule has 0 spiro atoms. The molecule has 0 aliphatic rings. The van der Waals surface area contributed by atoms with Crippen molar-refractivity contribution in [2.45, 2.75) is 6.92 Å². The van der Waals surface area contributed by atoms with E-state index in [1.165, 1.54) is 38.3 Å². The van der Waals surface area contributed by atoms with Crippen molar-refractivity contribution >= 4 is 29.2 Å². The lowest BCUT2D eigenvalue weighted by Crippen LogP contribution is -2.37. The summed E-state index contributed by atoms with van der Waals surface area (Å²) < 4.78 is 18.5. The largest absolute Gasteiger partial charge is 0.465 e. The third-order valence-electron chi connectivity index (χ3n) is 3.39. The summed E-state index contributed by atoms with van der Waals surface area (Å²) in [6.45, 7) is 0.885. The van der Waals surface area contributed by atoms with Crippen LogP contribution < -0.4 is 10.2 Å². The van der Waals surface area contributed by atoms with Crippen molar-refractivity contribution in [3.63, 3.8) is 0 Å². The number of hydrogen-bond acceptors (Lipinski definition) is 4. The van der Waals surface area contributed by atoms with Crippen LogP contribution in [0, 0.1) is 5.82 Å². The van der Waals surface area contributed by atoms with Gasteiger partial charge in [-0.3, -0.25) is 9.59 Å². The fourth-order valence-corrected chi connectivity index (χ4v) is 2.22. The number of methoxy groups -OCH3 is 1. The van der Waals surface area contributed by atoms with Crippen molar-refractivity contribution in [2.75, 3.05) is 23.9 Å². The summed E-state index contributed by atoms with van der Waals surface area (Å²) >= 11 is 0. The Morgan fingerprint density at radius 1 is 1.12 bits per heavy atom. The monoisotopic (exact) mass is 344 g/mol. The Morgan fingerprint density at radius 3 is 2.48 bits per heavy atom. The number of halogens is 1. The highest BCUT2D eigenvalue weighted by molar-refractivity contribution is 6.02. The van der Waals surface area contributed by atoms with E-state index in [0.717, 1.165) is 4.90 Å². The maximum absolute atomic E-state index is 13.9. The van der Waals surface area contributed by atoms with Gasteiger partial charge in [0.05, 0.1) is 18.4 Å². The van der Waals surface area contributed by atoms with Gasteiger partial charge in [0.2, 0.25) is 11.8 Å². The van der Waals surface area contributed by atoms with Gasteiger partial charge in [-0.2, -0.15) is 0 Å². The maximum atomic E-state index is 13.9. The highest BCUT2D eigenvalue weighted by Crippen LogP contribution is 2.19.